The van der Waals surface area contributed by atoms with E-state index in [2.05, 4.69) is 39.8 Å². The molecule has 0 amide bonds. The second kappa shape index (κ2) is 69.6. The first-order valence-corrected chi connectivity index (χ1v) is 48.4. The first kappa shape index (κ1) is 107. The van der Waals surface area contributed by atoms with Gasteiger partial charge in [-0.1, -0.05) is 342 Å². The molecule has 1 saturated carbocycles. The highest BCUT2D eigenvalue weighted by atomic mass is 31.2. The van der Waals surface area contributed by atoms with Crippen LogP contribution in [0, 0.1) is 0 Å². The van der Waals surface area contributed by atoms with Gasteiger partial charge in [0.1, 0.15) is 92.6 Å². The molecule has 3 rings (SSSR count). The van der Waals surface area contributed by atoms with Crippen LogP contribution in [0.25, 0.3) is 0 Å². The van der Waals surface area contributed by atoms with Crippen LogP contribution < -0.4 is 0 Å². The number of allylic oxidation sites excluding steroid dienone is 2. The van der Waals surface area contributed by atoms with Crippen molar-refractivity contribution in [2.24, 2.45) is 0 Å². The summed E-state index contributed by atoms with van der Waals surface area (Å²) in [5.41, 5.74) is 0. The molecule has 18 unspecified atom stereocenters. The van der Waals surface area contributed by atoms with Crippen LogP contribution in [-0.2, 0) is 70.7 Å². The lowest BCUT2D eigenvalue weighted by atomic mass is 9.84. The minimum absolute atomic E-state index is 0.0181. The topological polar surface area (TPSA) is 380 Å². The molecule has 0 radical (unpaired) electrons. The molecule has 25 nitrogen and oxygen atoms in total. The molecule has 2 saturated heterocycles. The zero-order valence-corrected chi connectivity index (χ0v) is 73.5. The van der Waals surface area contributed by atoms with Gasteiger partial charge in [-0.25, -0.2) is 4.57 Å². The van der Waals surface area contributed by atoms with Gasteiger partial charge in [0.25, 0.3) is 0 Å². The first-order valence-electron chi connectivity index (χ1n) is 46.9. The summed E-state index contributed by atoms with van der Waals surface area (Å²) >= 11 is 0. The zero-order chi connectivity index (χ0) is 84.7. The van der Waals surface area contributed by atoms with E-state index in [0.29, 0.717) is 38.5 Å². The molecule has 0 bridgehead atoms. The van der Waals surface area contributed by atoms with Gasteiger partial charge in [0.05, 0.1) is 13.2 Å². The molecule has 116 heavy (non-hydrogen) atoms. The highest BCUT2D eigenvalue weighted by Crippen LogP contribution is 2.49. The van der Waals surface area contributed by atoms with Gasteiger partial charge in [0.15, 0.2) is 24.8 Å². The van der Waals surface area contributed by atoms with Crippen LogP contribution in [0.2, 0.25) is 0 Å². The van der Waals surface area contributed by atoms with Crippen LogP contribution in [0.1, 0.15) is 407 Å². The minimum atomic E-state index is -5.81. The molecule has 2 aliphatic heterocycles. The Balaban J connectivity index is 1.92. The molecular formula is C90H167O25P. The highest BCUT2D eigenvalue weighted by Gasteiger charge is 2.60. The third kappa shape index (κ3) is 49.5. The van der Waals surface area contributed by atoms with Crippen molar-refractivity contribution in [1.29, 1.82) is 0 Å². The second-order valence-electron chi connectivity index (χ2n) is 33.5. The largest absolute Gasteiger partial charge is 0.472 e. The lowest BCUT2D eigenvalue weighted by Crippen LogP contribution is -2.70. The number of hydrogen-bond donors (Lipinski definition) is 10. The van der Waals surface area contributed by atoms with Gasteiger partial charge in [-0.05, 0) is 51.4 Å². The van der Waals surface area contributed by atoms with Crippen molar-refractivity contribution in [3.63, 3.8) is 0 Å². The van der Waals surface area contributed by atoms with E-state index < -0.39 is 162 Å². The molecule has 2 heterocycles. The Morgan fingerprint density at radius 1 is 0.336 bits per heavy atom. The normalized spacial score (nSPS) is 25.2. The Morgan fingerprint density at radius 3 is 1.03 bits per heavy atom. The maximum absolute atomic E-state index is 14.9. The number of unbranched alkanes of at least 4 members (excludes halogenated alkanes) is 50. The number of aliphatic hydroxyl groups excluding tert-OH is 9. The standard InChI is InChI=1S/C90H167O25P/c1-5-9-13-17-21-25-29-33-35-37-41-45-49-53-57-61-65-76(95)112-85-81(100)82(101)86(113-89-83(102)79(98)77(96)71(66-91)110-89)88(87(85)114-90-84(103)80(99)78(97)72(111-90)69-107-74(93)63-59-55-51-47-42-38-31-27-23-19-15-11-7-3)115-116(104,105)108-68-70(109-75(94)64-60-56-52-48-44-39-32-28-24-20-16-12-8-4)67-106-73(92)62-58-54-50-46-43-40-36-34-30-26-22-18-14-10-6-2/h39,44,70-72,77-91,96-103H,5-38,40-43,45-69H2,1-4H3,(H,104,105)/b44-39-. The Bertz CT molecular complexity index is 2460. The lowest BCUT2D eigenvalue weighted by Gasteiger charge is -2.50. The number of ether oxygens (including phenoxy) is 8. The fourth-order valence-corrected chi connectivity index (χ4v) is 16.5. The summed E-state index contributed by atoms with van der Waals surface area (Å²) in [5, 5.41) is 102. The Hall–Kier alpha value is -2.79. The van der Waals surface area contributed by atoms with E-state index >= 15 is 0 Å². The van der Waals surface area contributed by atoms with Gasteiger partial charge in [0.2, 0.25) is 0 Å². The van der Waals surface area contributed by atoms with Crippen LogP contribution in [-0.4, -0.2) is 205 Å². The molecule has 682 valence electrons. The molecule has 3 aliphatic rings. The molecular weight excluding hydrogens is 1510 g/mol. The fourth-order valence-electron chi connectivity index (χ4n) is 15.5. The quantitative estimate of drug-likeness (QED) is 0.00889. The van der Waals surface area contributed by atoms with Gasteiger partial charge >= 0.3 is 31.7 Å². The summed E-state index contributed by atoms with van der Waals surface area (Å²) < 4.78 is 73.4. The molecule has 18 atom stereocenters. The van der Waals surface area contributed by atoms with Gasteiger partial charge in [-0.2, -0.15) is 0 Å². The molecule has 0 aromatic heterocycles. The monoisotopic (exact) mass is 1680 g/mol. The van der Waals surface area contributed by atoms with E-state index in [-0.39, 0.29) is 25.7 Å². The Labute approximate surface area is 699 Å². The first-order chi connectivity index (χ1) is 56.2. The van der Waals surface area contributed by atoms with Crippen molar-refractivity contribution in [2.75, 3.05) is 26.4 Å². The van der Waals surface area contributed by atoms with E-state index in [1.54, 1.807) is 0 Å². The van der Waals surface area contributed by atoms with E-state index in [1.165, 1.54) is 193 Å². The summed E-state index contributed by atoms with van der Waals surface area (Å²) in [6.07, 6.45) is 27.8. The molecule has 1 aliphatic carbocycles. The average Bonchev–Trinajstić information content (AvgIpc) is 0.755. The number of aliphatic hydroxyl groups is 9. The second-order valence-corrected chi connectivity index (χ2v) is 34.9. The summed E-state index contributed by atoms with van der Waals surface area (Å²) in [6, 6.07) is 0. The minimum Gasteiger partial charge on any atom is -0.463 e. The maximum Gasteiger partial charge on any atom is 0.472 e. The number of phosphoric acid groups is 1. The van der Waals surface area contributed by atoms with Gasteiger partial charge in [-0.3, -0.25) is 28.2 Å². The predicted molar refractivity (Wildman–Crippen MR) is 449 cm³/mol. The smallest absolute Gasteiger partial charge is 0.463 e. The summed E-state index contributed by atoms with van der Waals surface area (Å²) in [6.45, 7) is 5.59. The fraction of sp³-hybridized carbons (Fsp3) is 0.933. The molecule has 0 spiro atoms. The highest BCUT2D eigenvalue weighted by molar-refractivity contribution is 7.47. The molecule has 26 heteroatoms. The Morgan fingerprint density at radius 2 is 0.647 bits per heavy atom. The SMILES string of the molecule is CCCCCCCC/C=C\CCCCCC(=O)OC(COC(=O)CCCCCCCCCCCCCCCCC)COP(=O)(O)OC1C(OC2OC(CO)C(O)C(O)C2O)C(O)C(O)C(OC(=O)CCCCCCCCCCCCCCCCCC)C1OC1OC(COC(=O)CCCCCCCCCCCCCCC)C(O)C(O)C1O. The van der Waals surface area contributed by atoms with E-state index in [0.717, 1.165) is 122 Å². The van der Waals surface area contributed by atoms with Crippen molar-refractivity contribution >= 4 is 31.7 Å². The van der Waals surface area contributed by atoms with Crippen LogP contribution in [0.5, 0.6) is 0 Å². The number of phosphoric ester groups is 1. The zero-order valence-electron chi connectivity index (χ0n) is 72.6. The maximum atomic E-state index is 14.9. The number of hydrogen-bond acceptors (Lipinski definition) is 24. The van der Waals surface area contributed by atoms with Crippen LogP contribution in [0.4, 0.5) is 0 Å². The predicted octanol–water partition coefficient (Wildman–Crippen LogP) is 17.2. The van der Waals surface area contributed by atoms with Crippen molar-refractivity contribution < 1.29 is 122 Å². The number of esters is 4. The molecule has 3 fully saturated rings. The van der Waals surface area contributed by atoms with E-state index in [4.69, 9.17) is 46.9 Å². The van der Waals surface area contributed by atoms with Crippen molar-refractivity contribution in [3.8, 4) is 0 Å². The molecule has 10 N–H and O–H groups in total. The number of rotatable bonds is 76. The third-order valence-electron chi connectivity index (χ3n) is 23.0. The van der Waals surface area contributed by atoms with Crippen LogP contribution >= 0.6 is 7.82 Å². The lowest BCUT2D eigenvalue weighted by molar-refractivity contribution is -0.360. The number of carbonyl (C=O) groups is 4. The molecule has 0 aromatic carbocycles. The summed E-state index contributed by atoms with van der Waals surface area (Å²) in [4.78, 5) is 66.4. The van der Waals surface area contributed by atoms with Crippen molar-refractivity contribution in [1.82, 2.24) is 0 Å². The third-order valence-corrected chi connectivity index (χ3v) is 24.0. The van der Waals surface area contributed by atoms with Gasteiger partial charge in [0, 0.05) is 25.7 Å². The van der Waals surface area contributed by atoms with Crippen molar-refractivity contribution in [2.45, 2.75) is 511 Å². The van der Waals surface area contributed by atoms with Crippen LogP contribution in [0.3, 0.4) is 0 Å². The number of carbonyl (C=O) groups excluding carboxylic acids is 4. The van der Waals surface area contributed by atoms with E-state index in [9.17, 15) is 74.6 Å². The van der Waals surface area contributed by atoms with Gasteiger partial charge < -0.3 is 88.7 Å². The van der Waals surface area contributed by atoms with Crippen LogP contribution in [0.15, 0.2) is 12.2 Å². The summed E-state index contributed by atoms with van der Waals surface area (Å²) in [7, 11) is -5.81. The average molecular weight is 1680 g/mol. The molecule has 0 aromatic rings. The summed E-state index contributed by atoms with van der Waals surface area (Å²) in [5.74, 6) is -2.97. The Kier molecular flexibility index (Phi) is 64.4. The van der Waals surface area contributed by atoms with Crippen molar-refractivity contribution in [3.05, 3.63) is 12.2 Å². The van der Waals surface area contributed by atoms with Gasteiger partial charge in [-0.15, -0.1) is 0 Å². The van der Waals surface area contributed by atoms with E-state index in [1.807, 2.05) is 0 Å².